The Morgan fingerprint density at radius 3 is 2.00 bits per heavy atom. The van der Waals surface area contributed by atoms with Gasteiger partial charge in [0.15, 0.2) is 11.9 Å². The van der Waals surface area contributed by atoms with E-state index in [-0.39, 0.29) is 19.3 Å². The second kappa shape index (κ2) is 6.18. The molecule has 8 nitrogen and oxygen atoms in total. The van der Waals surface area contributed by atoms with E-state index >= 15 is 0 Å². The van der Waals surface area contributed by atoms with Gasteiger partial charge in [0.2, 0.25) is 11.8 Å². The molecule has 0 aliphatic carbocycles. The Hall–Kier alpha value is -2.35. The number of hydrogen-bond donors (Lipinski definition) is 1. The highest BCUT2D eigenvalue weighted by molar-refractivity contribution is 6.16. The molecule has 4 amide bonds. The van der Waals surface area contributed by atoms with Crippen molar-refractivity contribution >= 4 is 29.9 Å². The van der Waals surface area contributed by atoms with Crippen LogP contribution in [-0.4, -0.2) is 51.9 Å². The third-order valence-corrected chi connectivity index (χ3v) is 3.82. The fourth-order valence-corrected chi connectivity index (χ4v) is 2.81. The second-order valence-electron chi connectivity index (χ2n) is 5.21. The van der Waals surface area contributed by atoms with Crippen LogP contribution in [0.15, 0.2) is 12.2 Å². The van der Waals surface area contributed by atoms with Crippen molar-refractivity contribution in [2.45, 2.75) is 37.8 Å². The number of nitrogens with two attached hydrogens (primary N) is 1. The Morgan fingerprint density at radius 1 is 1.00 bits per heavy atom. The minimum atomic E-state index is -1.89. The summed E-state index contributed by atoms with van der Waals surface area (Å²) in [5, 5.41) is 0. The van der Waals surface area contributed by atoms with Crippen LogP contribution in [0.4, 0.5) is 0 Å². The molecule has 2 aliphatic rings. The van der Waals surface area contributed by atoms with Crippen molar-refractivity contribution in [1.29, 1.82) is 0 Å². The summed E-state index contributed by atoms with van der Waals surface area (Å²) in [4.78, 5) is 61.3. The molecule has 2 heterocycles. The van der Waals surface area contributed by atoms with E-state index in [1.807, 2.05) is 0 Å². The van der Waals surface area contributed by atoms with Gasteiger partial charge in [0.1, 0.15) is 0 Å². The molecule has 2 N–H and O–H groups in total. The molecule has 22 heavy (non-hydrogen) atoms. The molecule has 0 radical (unpaired) electrons. The molecule has 2 rings (SSSR count). The Bertz CT molecular complexity index is 533. The lowest BCUT2D eigenvalue weighted by atomic mass is 9.99. The van der Waals surface area contributed by atoms with Gasteiger partial charge in [-0.3, -0.25) is 28.9 Å². The normalized spacial score (nSPS) is 21.0. The van der Waals surface area contributed by atoms with Crippen LogP contribution >= 0.6 is 0 Å². The van der Waals surface area contributed by atoms with E-state index in [2.05, 4.69) is 0 Å². The quantitative estimate of drug-likeness (QED) is 0.369. The Labute approximate surface area is 126 Å². The number of carbonyl (C=O) groups is 5. The number of amides is 4. The molecule has 1 fully saturated rings. The molecule has 1 unspecified atom stereocenters. The van der Waals surface area contributed by atoms with Crippen molar-refractivity contribution in [3.8, 4) is 0 Å². The van der Waals surface area contributed by atoms with Gasteiger partial charge in [0.05, 0.1) is 0 Å². The van der Waals surface area contributed by atoms with Crippen LogP contribution in [0.5, 0.6) is 0 Å². The molecule has 0 aromatic heterocycles. The standard InChI is InChI=1S/C14H17N3O5/c15-8-2-1-7-14(9-18,16-10(19)3-4-11(16)20)17-12(21)5-6-13(17)22/h3-4,9H,1-2,5-8,15H2. The first-order valence-electron chi connectivity index (χ1n) is 7.06. The molecule has 0 bridgehead atoms. The Balaban J connectivity index is 2.44. The van der Waals surface area contributed by atoms with Crippen molar-refractivity contribution in [2.24, 2.45) is 5.73 Å². The van der Waals surface area contributed by atoms with Gasteiger partial charge in [-0.2, -0.15) is 0 Å². The van der Waals surface area contributed by atoms with Gasteiger partial charge in [0, 0.05) is 25.0 Å². The smallest absolute Gasteiger partial charge is 0.255 e. The van der Waals surface area contributed by atoms with E-state index in [4.69, 9.17) is 5.73 Å². The molecular weight excluding hydrogens is 290 g/mol. The fraction of sp³-hybridized carbons (Fsp3) is 0.500. The average molecular weight is 307 g/mol. The number of carbonyl (C=O) groups excluding carboxylic acids is 5. The Kier molecular flexibility index (Phi) is 4.51. The summed E-state index contributed by atoms with van der Waals surface area (Å²) < 4.78 is 0. The number of hydrogen-bond acceptors (Lipinski definition) is 6. The van der Waals surface area contributed by atoms with E-state index < -0.39 is 29.3 Å². The summed E-state index contributed by atoms with van der Waals surface area (Å²) in [6.45, 7) is 0.358. The number of nitrogens with zero attached hydrogens (tertiary/aromatic N) is 2. The summed E-state index contributed by atoms with van der Waals surface area (Å²) in [7, 11) is 0. The van der Waals surface area contributed by atoms with E-state index in [0.29, 0.717) is 30.6 Å². The monoisotopic (exact) mass is 307 g/mol. The summed E-state index contributed by atoms with van der Waals surface area (Å²) in [6, 6.07) is 0. The average Bonchev–Trinajstić information content (AvgIpc) is 3.00. The first kappa shape index (κ1) is 16.0. The molecule has 0 saturated carbocycles. The minimum Gasteiger partial charge on any atom is -0.330 e. The van der Waals surface area contributed by atoms with E-state index in [0.717, 1.165) is 17.1 Å². The number of aldehydes is 1. The zero-order valence-electron chi connectivity index (χ0n) is 12.0. The molecule has 118 valence electrons. The van der Waals surface area contributed by atoms with Gasteiger partial charge in [-0.05, 0) is 25.8 Å². The lowest BCUT2D eigenvalue weighted by Crippen LogP contribution is -2.65. The first-order valence-corrected chi connectivity index (χ1v) is 7.06. The van der Waals surface area contributed by atoms with Crippen LogP contribution in [0.2, 0.25) is 0 Å². The van der Waals surface area contributed by atoms with E-state index in [9.17, 15) is 24.0 Å². The summed E-state index contributed by atoms with van der Waals surface area (Å²) in [6.07, 6.45) is 3.24. The largest absolute Gasteiger partial charge is 0.330 e. The molecular formula is C14H17N3O5. The molecule has 2 aliphatic heterocycles. The van der Waals surface area contributed by atoms with Crippen LogP contribution in [-0.2, 0) is 24.0 Å². The summed E-state index contributed by atoms with van der Waals surface area (Å²) in [5.41, 5.74) is 3.53. The van der Waals surface area contributed by atoms with Gasteiger partial charge >= 0.3 is 0 Å². The topological polar surface area (TPSA) is 118 Å². The lowest BCUT2D eigenvalue weighted by Gasteiger charge is -2.41. The van der Waals surface area contributed by atoms with E-state index in [1.54, 1.807) is 0 Å². The first-order chi connectivity index (χ1) is 10.5. The highest BCUT2D eigenvalue weighted by Crippen LogP contribution is 2.32. The summed E-state index contributed by atoms with van der Waals surface area (Å²) in [5.74, 6) is -2.54. The van der Waals surface area contributed by atoms with Crippen molar-refractivity contribution in [3.05, 3.63) is 12.2 Å². The van der Waals surface area contributed by atoms with Crippen molar-refractivity contribution < 1.29 is 24.0 Å². The van der Waals surface area contributed by atoms with Gasteiger partial charge in [0.25, 0.3) is 11.8 Å². The van der Waals surface area contributed by atoms with E-state index in [1.165, 1.54) is 0 Å². The molecule has 0 aromatic rings. The molecule has 1 saturated heterocycles. The highest BCUT2D eigenvalue weighted by atomic mass is 16.2. The molecule has 1 atom stereocenters. The third-order valence-electron chi connectivity index (χ3n) is 3.82. The van der Waals surface area contributed by atoms with Gasteiger partial charge in [-0.15, -0.1) is 0 Å². The second-order valence-corrected chi connectivity index (χ2v) is 5.21. The van der Waals surface area contributed by atoms with Crippen molar-refractivity contribution in [1.82, 2.24) is 9.80 Å². The maximum Gasteiger partial charge on any atom is 0.255 e. The van der Waals surface area contributed by atoms with Crippen LogP contribution in [0.3, 0.4) is 0 Å². The number of likely N-dealkylation sites (tertiary alicyclic amines) is 1. The maximum absolute atomic E-state index is 12.0. The number of unbranched alkanes of at least 4 members (excludes halogenated alkanes) is 1. The van der Waals surface area contributed by atoms with Crippen molar-refractivity contribution in [3.63, 3.8) is 0 Å². The predicted molar refractivity (Wildman–Crippen MR) is 73.8 cm³/mol. The SMILES string of the molecule is NCCCCC(C=O)(N1C(=O)C=CC1=O)N1C(=O)CCC1=O. The lowest BCUT2D eigenvalue weighted by molar-refractivity contribution is -0.168. The van der Waals surface area contributed by atoms with Crippen LogP contribution in [0.25, 0.3) is 0 Å². The highest BCUT2D eigenvalue weighted by Gasteiger charge is 2.54. The number of imide groups is 2. The van der Waals surface area contributed by atoms with Gasteiger partial charge in [-0.25, -0.2) is 4.90 Å². The van der Waals surface area contributed by atoms with Crippen LogP contribution < -0.4 is 5.73 Å². The maximum atomic E-state index is 12.0. The van der Waals surface area contributed by atoms with Gasteiger partial charge in [-0.1, -0.05) is 0 Å². The summed E-state index contributed by atoms with van der Waals surface area (Å²) >= 11 is 0. The predicted octanol–water partition coefficient (Wildman–Crippen LogP) is -0.915. The molecule has 8 heteroatoms. The van der Waals surface area contributed by atoms with Crippen LogP contribution in [0, 0.1) is 0 Å². The fourth-order valence-electron chi connectivity index (χ4n) is 2.81. The molecule has 0 spiro atoms. The minimum absolute atomic E-state index is 0.00958. The van der Waals surface area contributed by atoms with Crippen LogP contribution in [0.1, 0.15) is 32.1 Å². The van der Waals surface area contributed by atoms with Gasteiger partial charge < -0.3 is 5.73 Å². The Morgan fingerprint density at radius 2 is 1.55 bits per heavy atom. The number of rotatable bonds is 7. The van der Waals surface area contributed by atoms with Crippen molar-refractivity contribution in [2.75, 3.05) is 6.54 Å². The third kappa shape index (κ3) is 2.45. The molecule has 0 aromatic carbocycles. The zero-order valence-corrected chi connectivity index (χ0v) is 12.0. The zero-order chi connectivity index (χ0) is 16.3.